The van der Waals surface area contributed by atoms with Crippen molar-refractivity contribution in [1.29, 1.82) is 0 Å². The van der Waals surface area contributed by atoms with Crippen LogP contribution >= 0.6 is 0 Å². The highest BCUT2D eigenvalue weighted by molar-refractivity contribution is 5.88. The Morgan fingerprint density at radius 1 is 0.784 bits per heavy atom. The summed E-state index contributed by atoms with van der Waals surface area (Å²) in [5, 5.41) is 0.730. The van der Waals surface area contributed by atoms with Crippen LogP contribution in [0.2, 0.25) is 0 Å². The number of hydrogen-bond donors (Lipinski definition) is 0. The molecule has 0 heterocycles. The number of hydrogen-bond acceptors (Lipinski definition) is 2. The van der Waals surface area contributed by atoms with Crippen molar-refractivity contribution in [2.24, 2.45) is 0 Å². The maximum Gasteiger partial charge on any atom is 0.387 e. The van der Waals surface area contributed by atoms with Gasteiger partial charge in [0, 0.05) is 17.5 Å². The van der Waals surface area contributed by atoms with Gasteiger partial charge in [0.2, 0.25) is 0 Å². The number of aryl methyl sites for hydroxylation is 2. The van der Waals surface area contributed by atoms with Gasteiger partial charge >= 0.3 is 6.61 Å². The zero-order valence-electron chi connectivity index (χ0n) is 20.0. The Bertz CT molecular complexity index is 1380. The van der Waals surface area contributed by atoms with Gasteiger partial charge in [-0.3, -0.25) is 0 Å². The lowest BCUT2D eigenvalue weighted by Crippen LogP contribution is -2.04. The Kier molecular flexibility index (Phi) is 8.26. The van der Waals surface area contributed by atoms with Crippen LogP contribution in [-0.4, -0.2) is 13.2 Å². The van der Waals surface area contributed by atoms with Crippen molar-refractivity contribution in [3.63, 3.8) is 0 Å². The first-order valence-electron chi connectivity index (χ1n) is 11.8. The Morgan fingerprint density at radius 3 is 2.22 bits per heavy atom. The fourth-order valence-corrected chi connectivity index (χ4v) is 4.10. The van der Waals surface area contributed by atoms with E-state index in [0.29, 0.717) is 23.1 Å². The lowest BCUT2D eigenvalue weighted by molar-refractivity contribution is -0.0522. The quantitative estimate of drug-likeness (QED) is 0.155. The molecule has 4 aromatic carbocycles. The molecule has 0 fully saturated rings. The standard InChI is InChI=1S/C29H24F6O2/c1-2-3-12-36-21-15-24(31)27(25(32)16-21)20-9-10-22-19(14-20)8-7-18(28(22)33)6-4-17-5-11-26(23(30)13-17)37-29(34)35/h5,7-11,13-16,29H,2-4,6,12H2,1H3. The molecule has 194 valence electrons. The van der Waals surface area contributed by atoms with Crippen molar-refractivity contribution in [3.05, 3.63) is 95.1 Å². The molecule has 0 N–H and O–H groups in total. The van der Waals surface area contributed by atoms with E-state index in [1.165, 1.54) is 24.3 Å². The van der Waals surface area contributed by atoms with Crippen LogP contribution in [-0.2, 0) is 12.8 Å². The molecule has 0 spiro atoms. The Labute approximate surface area is 210 Å². The predicted molar refractivity (Wildman–Crippen MR) is 130 cm³/mol. The third-order valence-electron chi connectivity index (χ3n) is 6.00. The third kappa shape index (κ3) is 6.18. The zero-order chi connectivity index (χ0) is 26.5. The van der Waals surface area contributed by atoms with Gasteiger partial charge in [-0.15, -0.1) is 0 Å². The summed E-state index contributed by atoms with van der Waals surface area (Å²) in [4.78, 5) is 0. The van der Waals surface area contributed by atoms with Gasteiger partial charge < -0.3 is 9.47 Å². The summed E-state index contributed by atoms with van der Waals surface area (Å²) in [7, 11) is 0. The van der Waals surface area contributed by atoms with Gasteiger partial charge in [0.1, 0.15) is 23.2 Å². The molecule has 0 amide bonds. The maximum atomic E-state index is 15.2. The maximum absolute atomic E-state index is 15.2. The number of ether oxygens (including phenoxy) is 2. The average molecular weight is 518 g/mol. The molecule has 4 rings (SSSR count). The summed E-state index contributed by atoms with van der Waals surface area (Å²) in [5.74, 6) is -3.43. The lowest BCUT2D eigenvalue weighted by atomic mass is 9.96. The third-order valence-corrected chi connectivity index (χ3v) is 6.00. The topological polar surface area (TPSA) is 18.5 Å². The molecule has 0 aromatic heterocycles. The average Bonchev–Trinajstić information content (AvgIpc) is 2.85. The molecule has 0 saturated carbocycles. The molecule has 4 aromatic rings. The van der Waals surface area contributed by atoms with E-state index in [1.807, 2.05) is 6.92 Å². The number of halogens is 6. The van der Waals surface area contributed by atoms with Gasteiger partial charge in [-0.25, -0.2) is 17.6 Å². The minimum absolute atomic E-state index is 0.111. The van der Waals surface area contributed by atoms with Crippen LogP contribution in [0.25, 0.3) is 21.9 Å². The molecule has 2 nitrogen and oxygen atoms in total. The molecule has 37 heavy (non-hydrogen) atoms. The SMILES string of the molecule is CCCCOc1cc(F)c(-c2ccc3c(F)c(CCc4ccc(OC(F)F)c(F)c4)ccc3c2)c(F)c1. The van der Waals surface area contributed by atoms with Crippen molar-refractivity contribution >= 4 is 10.8 Å². The van der Waals surface area contributed by atoms with Crippen molar-refractivity contribution in [2.75, 3.05) is 6.61 Å². The molecule has 0 aliphatic heterocycles. The van der Waals surface area contributed by atoms with Crippen LogP contribution in [0.3, 0.4) is 0 Å². The van der Waals surface area contributed by atoms with Crippen LogP contribution < -0.4 is 9.47 Å². The summed E-state index contributed by atoms with van der Waals surface area (Å²) in [6.07, 6.45) is 2.14. The zero-order valence-corrected chi connectivity index (χ0v) is 20.0. The predicted octanol–water partition coefficient (Wildman–Crippen LogP) is 8.63. The molecule has 8 heteroatoms. The van der Waals surface area contributed by atoms with Gasteiger partial charge in [0.15, 0.2) is 11.6 Å². The number of rotatable bonds is 10. The molecule has 0 radical (unpaired) electrons. The smallest absolute Gasteiger partial charge is 0.387 e. The Balaban J connectivity index is 1.53. The van der Waals surface area contributed by atoms with Gasteiger partial charge in [0.25, 0.3) is 0 Å². The first-order valence-corrected chi connectivity index (χ1v) is 11.8. The van der Waals surface area contributed by atoms with Crippen molar-refractivity contribution in [1.82, 2.24) is 0 Å². The van der Waals surface area contributed by atoms with E-state index in [0.717, 1.165) is 37.1 Å². The van der Waals surface area contributed by atoms with E-state index in [2.05, 4.69) is 4.74 Å². The number of unbranched alkanes of at least 4 members (excludes halogenated alkanes) is 1. The van der Waals surface area contributed by atoms with Crippen LogP contribution in [0.1, 0.15) is 30.9 Å². The highest BCUT2D eigenvalue weighted by Gasteiger charge is 2.16. The van der Waals surface area contributed by atoms with E-state index in [-0.39, 0.29) is 35.1 Å². The first-order chi connectivity index (χ1) is 17.8. The Hall–Kier alpha value is -3.68. The van der Waals surface area contributed by atoms with Crippen LogP contribution in [0.4, 0.5) is 26.3 Å². The molecule has 0 saturated heterocycles. The first kappa shape index (κ1) is 26.4. The van der Waals surface area contributed by atoms with Gasteiger partial charge in [-0.2, -0.15) is 8.78 Å². The number of benzene rings is 4. The molecule has 0 atom stereocenters. The number of fused-ring (bicyclic) bond motifs is 1. The minimum Gasteiger partial charge on any atom is -0.493 e. The number of alkyl halides is 2. The van der Waals surface area contributed by atoms with Crippen molar-refractivity contribution in [2.45, 2.75) is 39.2 Å². The van der Waals surface area contributed by atoms with Gasteiger partial charge in [-0.1, -0.05) is 43.7 Å². The van der Waals surface area contributed by atoms with Crippen LogP contribution in [0, 0.1) is 23.3 Å². The fourth-order valence-electron chi connectivity index (χ4n) is 4.10. The normalized spacial score (nSPS) is 11.4. The molecular weight excluding hydrogens is 494 g/mol. The van der Waals surface area contributed by atoms with Crippen LogP contribution in [0.15, 0.2) is 60.7 Å². The minimum atomic E-state index is -3.13. The molecule has 0 aliphatic carbocycles. The molecule has 0 bridgehead atoms. The molecule has 0 unspecified atom stereocenters. The van der Waals surface area contributed by atoms with E-state index < -0.39 is 35.6 Å². The Morgan fingerprint density at radius 2 is 1.54 bits per heavy atom. The second-order valence-corrected chi connectivity index (χ2v) is 8.58. The van der Waals surface area contributed by atoms with E-state index in [4.69, 9.17) is 4.74 Å². The largest absolute Gasteiger partial charge is 0.493 e. The summed E-state index contributed by atoms with van der Waals surface area (Å²) < 4.78 is 92.8. The highest BCUT2D eigenvalue weighted by Crippen LogP contribution is 2.33. The second-order valence-electron chi connectivity index (χ2n) is 8.58. The van der Waals surface area contributed by atoms with Crippen LogP contribution in [0.5, 0.6) is 11.5 Å². The fraction of sp³-hybridized carbons (Fsp3) is 0.241. The van der Waals surface area contributed by atoms with Gasteiger partial charge in [-0.05, 0) is 59.5 Å². The van der Waals surface area contributed by atoms with Crippen molar-refractivity contribution < 1.29 is 35.8 Å². The van der Waals surface area contributed by atoms with Gasteiger partial charge in [0.05, 0.1) is 12.2 Å². The monoisotopic (exact) mass is 518 g/mol. The summed E-state index contributed by atoms with van der Waals surface area (Å²) in [6.45, 7) is -0.792. The molecule has 0 aliphatic rings. The summed E-state index contributed by atoms with van der Waals surface area (Å²) in [5.41, 5.74) is 0.883. The highest BCUT2D eigenvalue weighted by atomic mass is 19.3. The summed E-state index contributed by atoms with van der Waals surface area (Å²) in [6, 6.07) is 13.5. The molecular formula is C29H24F6O2. The summed E-state index contributed by atoms with van der Waals surface area (Å²) >= 11 is 0. The van der Waals surface area contributed by atoms with Crippen molar-refractivity contribution in [3.8, 4) is 22.6 Å². The van der Waals surface area contributed by atoms with E-state index >= 15 is 4.39 Å². The second kappa shape index (κ2) is 11.6. The van der Waals surface area contributed by atoms with E-state index in [9.17, 15) is 22.0 Å². The lowest BCUT2D eigenvalue weighted by Gasteiger charge is -2.12. The van der Waals surface area contributed by atoms with E-state index in [1.54, 1.807) is 12.1 Å².